The van der Waals surface area contributed by atoms with E-state index in [1.54, 1.807) is 6.07 Å². The molecule has 1 aliphatic rings. The van der Waals surface area contributed by atoms with Gasteiger partial charge in [-0.15, -0.1) is 12.4 Å². The molecule has 108 valence electrons. The Balaban J connectivity index is 0.00000180. The normalized spacial score (nSPS) is 17.8. The van der Waals surface area contributed by atoms with Crippen LogP contribution >= 0.6 is 35.6 Å². The first-order valence-corrected chi connectivity index (χ1v) is 6.57. The minimum Gasteiger partial charge on any atom is -0.506 e. The van der Waals surface area contributed by atoms with Gasteiger partial charge >= 0.3 is 0 Å². The van der Waals surface area contributed by atoms with Crippen LogP contribution in [-0.2, 0) is 0 Å². The van der Waals surface area contributed by atoms with Gasteiger partial charge in [0.05, 0.1) is 11.1 Å². The van der Waals surface area contributed by atoms with Gasteiger partial charge in [0.2, 0.25) is 0 Å². The van der Waals surface area contributed by atoms with Crippen molar-refractivity contribution in [1.82, 2.24) is 10.2 Å². The van der Waals surface area contributed by atoms with Gasteiger partial charge in [0.25, 0.3) is 0 Å². The Morgan fingerprint density at radius 3 is 2.53 bits per heavy atom. The predicted octanol–water partition coefficient (Wildman–Crippen LogP) is 3.04. The second kappa shape index (κ2) is 7.50. The molecular formula is C12H16Cl3FN2O. The fourth-order valence-electron chi connectivity index (χ4n) is 2.21. The molecule has 19 heavy (non-hydrogen) atoms. The Bertz CT molecular complexity index is 428. The molecule has 2 N–H and O–H groups in total. The van der Waals surface area contributed by atoms with Crippen LogP contribution in [0.2, 0.25) is 10.0 Å². The summed E-state index contributed by atoms with van der Waals surface area (Å²) in [5.74, 6) is -0.0813. The zero-order valence-electron chi connectivity index (χ0n) is 10.2. The molecule has 0 radical (unpaired) electrons. The van der Waals surface area contributed by atoms with Gasteiger partial charge in [-0.05, 0) is 12.1 Å². The van der Waals surface area contributed by atoms with Crippen molar-refractivity contribution >= 4 is 35.6 Å². The molecule has 1 fully saturated rings. The highest BCUT2D eigenvalue weighted by molar-refractivity contribution is 6.35. The van der Waals surface area contributed by atoms with Crippen molar-refractivity contribution in [3.8, 4) is 5.75 Å². The second-order valence-electron chi connectivity index (χ2n) is 4.28. The first-order chi connectivity index (χ1) is 8.63. The topological polar surface area (TPSA) is 35.5 Å². The summed E-state index contributed by atoms with van der Waals surface area (Å²) >= 11 is 11.8. The number of phenolic OH excluding ortho intramolecular Hbond substituents is 1. The van der Waals surface area contributed by atoms with Crippen molar-refractivity contribution in [3.05, 3.63) is 27.7 Å². The zero-order chi connectivity index (χ0) is 13.1. The van der Waals surface area contributed by atoms with Gasteiger partial charge in [-0.2, -0.15) is 0 Å². The number of nitrogens with zero attached hydrogens (tertiary/aromatic N) is 1. The lowest BCUT2D eigenvalue weighted by atomic mass is 10.0. The molecule has 1 saturated heterocycles. The van der Waals surface area contributed by atoms with E-state index in [0.717, 1.165) is 26.2 Å². The van der Waals surface area contributed by atoms with Crippen molar-refractivity contribution < 1.29 is 9.50 Å². The van der Waals surface area contributed by atoms with Crippen LogP contribution in [0.4, 0.5) is 4.39 Å². The molecule has 0 aliphatic carbocycles. The largest absolute Gasteiger partial charge is 0.506 e. The first kappa shape index (κ1) is 16.8. The number of aromatic hydroxyl groups is 1. The number of piperazine rings is 1. The Kier molecular flexibility index (Phi) is 6.63. The number of halogens is 4. The first-order valence-electron chi connectivity index (χ1n) is 5.82. The molecule has 1 atom stereocenters. The van der Waals surface area contributed by atoms with Gasteiger partial charge in [-0.3, -0.25) is 4.90 Å². The molecule has 0 aromatic heterocycles. The van der Waals surface area contributed by atoms with Gasteiger partial charge in [-0.1, -0.05) is 23.2 Å². The number of benzene rings is 1. The lowest BCUT2D eigenvalue weighted by molar-refractivity contribution is 0.145. The van der Waals surface area contributed by atoms with E-state index in [1.807, 2.05) is 4.90 Å². The Hall–Kier alpha value is -0.260. The molecule has 3 nitrogen and oxygen atoms in total. The molecule has 1 aromatic rings. The monoisotopic (exact) mass is 328 g/mol. The molecular weight excluding hydrogens is 314 g/mol. The Labute approximate surface area is 128 Å². The number of hydrogen-bond acceptors (Lipinski definition) is 3. The SMILES string of the molecule is Cl.Oc1c(Cl)cc(Cl)cc1[C@@H](CF)N1CCNCC1. The summed E-state index contributed by atoms with van der Waals surface area (Å²) in [5, 5.41) is 13.7. The van der Waals surface area contributed by atoms with Crippen molar-refractivity contribution in [1.29, 1.82) is 0 Å². The molecule has 1 aromatic carbocycles. The fraction of sp³-hybridized carbons (Fsp3) is 0.500. The van der Waals surface area contributed by atoms with Crippen molar-refractivity contribution in [2.75, 3.05) is 32.9 Å². The second-order valence-corrected chi connectivity index (χ2v) is 5.13. The summed E-state index contributed by atoms with van der Waals surface area (Å²) in [6.07, 6.45) is 0. The third-order valence-electron chi connectivity index (χ3n) is 3.16. The van der Waals surface area contributed by atoms with Crippen LogP contribution in [0.5, 0.6) is 5.75 Å². The molecule has 1 aliphatic heterocycles. The van der Waals surface area contributed by atoms with E-state index in [4.69, 9.17) is 23.2 Å². The average Bonchev–Trinajstić information content (AvgIpc) is 2.37. The zero-order valence-corrected chi connectivity index (χ0v) is 12.5. The lowest BCUT2D eigenvalue weighted by Gasteiger charge is -2.34. The van der Waals surface area contributed by atoms with Crippen LogP contribution in [0, 0.1) is 0 Å². The summed E-state index contributed by atoms with van der Waals surface area (Å²) in [6.45, 7) is 2.51. The average molecular weight is 330 g/mol. The molecule has 0 saturated carbocycles. The number of rotatable bonds is 3. The summed E-state index contributed by atoms with van der Waals surface area (Å²) in [5.41, 5.74) is 0.455. The van der Waals surface area contributed by atoms with Gasteiger partial charge in [-0.25, -0.2) is 4.39 Å². The molecule has 0 spiro atoms. The molecule has 0 amide bonds. The number of alkyl halides is 1. The van der Waals surface area contributed by atoms with E-state index >= 15 is 0 Å². The summed E-state index contributed by atoms with van der Waals surface area (Å²) in [4.78, 5) is 1.98. The van der Waals surface area contributed by atoms with Gasteiger partial charge in [0, 0.05) is 36.8 Å². The third kappa shape index (κ3) is 3.86. The maximum atomic E-state index is 13.3. The minimum atomic E-state index is -0.579. The van der Waals surface area contributed by atoms with Crippen LogP contribution in [0.25, 0.3) is 0 Å². The van der Waals surface area contributed by atoms with Gasteiger partial charge < -0.3 is 10.4 Å². The maximum Gasteiger partial charge on any atom is 0.139 e. The van der Waals surface area contributed by atoms with Gasteiger partial charge in [0.15, 0.2) is 0 Å². The minimum absolute atomic E-state index is 0. The lowest BCUT2D eigenvalue weighted by Crippen LogP contribution is -2.45. The molecule has 2 rings (SSSR count). The smallest absolute Gasteiger partial charge is 0.139 e. The summed E-state index contributed by atoms with van der Waals surface area (Å²) < 4.78 is 13.3. The van der Waals surface area contributed by atoms with Crippen molar-refractivity contribution in [2.45, 2.75) is 6.04 Å². The maximum absolute atomic E-state index is 13.3. The highest BCUT2D eigenvalue weighted by atomic mass is 35.5. The van der Waals surface area contributed by atoms with E-state index in [1.165, 1.54) is 6.07 Å². The third-order valence-corrected chi connectivity index (χ3v) is 3.66. The van der Waals surface area contributed by atoms with Crippen LogP contribution < -0.4 is 5.32 Å². The highest BCUT2D eigenvalue weighted by Crippen LogP contribution is 2.37. The van der Waals surface area contributed by atoms with Crippen LogP contribution in [0.1, 0.15) is 11.6 Å². The number of phenols is 1. The summed E-state index contributed by atoms with van der Waals surface area (Å²) in [7, 11) is 0. The highest BCUT2D eigenvalue weighted by Gasteiger charge is 2.25. The molecule has 7 heteroatoms. The molecule has 0 unspecified atom stereocenters. The van der Waals surface area contributed by atoms with E-state index in [-0.39, 0.29) is 23.2 Å². The standard InChI is InChI=1S/C12H15Cl2FN2O.ClH/c13-8-5-9(12(18)10(14)6-8)11(7-15)17-3-1-16-2-4-17;/h5-6,11,16,18H,1-4,7H2;1H/t11-;/m1./s1. The van der Waals surface area contributed by atoms with Crippen LogP contribution in [0.15, 0.2) is 12.1 Å². The van der Waals surface area contributed by atoms with E-state index in [9.17, 15) is 9.50 Å². The van der Waals surface area contributed by atoms with Crippen LogP contribution in [-0.4, -0.2) is 42.9 Å². The Morgan fingerprint density at radius 1 is 1.32 bits per heavy atom. The molecule has 0 bridgehead atoms. The quantitative estimate of drug-likeness (QED) is 0.895. The molecule has 1 heterocycles. The Morgan fingerprint density at radius 2 is 1.95 bits per heavy atom. The number of nitrogens with one attached hydrogen (secondary N) is 1. The van der Waals surface area contributed by atoms with E-state index in [2.05, 4.69) is 5.32 Å². The summed E-state index contributed by atoms with van der Waals surface area (Å²) in [6, 6.07) is 2.53. The van der Waals surface area contributed by atoms with Crippen molar-refractivity contribution in [2.24, 2.45) is 0 Å². The number of hydrogen-bond donors (Lipinski definition) is 2. The van der Waals surface area contributed by atoms with Crippen LogP contribution in [0.3, 0.4) is 0 Å². The van der Waals surface area contributed by atoms with Crippen molar-refractivity contribution in [3.63, 3.8) is 0 Å². The van der Waals surface area contributed by atoms with Gasteiger partial charge in [0.1, 0.15) is 12.4 Å². The predicted molar refractivity (Wildman–Crippen MR) is 78.5 cm³/mol. The van der Waals surface area contributed by atoms with E-state index in [0.29, 0.717) is 10.6 Å². The fourth-order valence-corrected chi connectivity index (χ4v) is 2.72. The van der Waals surface area contributed by atoms with E-state index < -0.39 is 12.7 Å².